The Balaban J connectivity index is 1.65. The zero-order valence-electron chi connectivity index (χ0n) is 12.2. The molecule has 1 aliphatic carbocycles. The number of hydrogen-bond acceptors (Lipinski definition) is 2. The highest BCUT2D eigenvalue weighted by Crippen LogP contribution is 2.17. The van der Waals surface area contributed by atoms with Gasteiger partial charge in [0.1, 0.15) is 12.4 Å². The van der Waals surface area contributed by atoms with E-state index in [1.807, 2.05) is 6.07 Å². The van der Waals surface area contributed by atoms with Gasteiger partial charge in [-0.05, 0) is 37.0 Å². The summed E-state index contributed by atoms with van der Waals surface area (Å²) in [5.41, 5.74) is 1.34. The number of benzene rings is 1. The smallest absolute Gasteiger partial charge is 0.119 e. The van der Waals surface area contributed by atoms with Crippen molar-refractivity contribution >= 4 is 0 Å². The van der Waals surface area contributed by atoms with Gasteiger partial charge in [-0.3, -0.25) is 0 Å². The number of hydrogen-bond donors (Lipinski definition) is 1. The van der Waals surface area contributed by atoms with Gasteiger partial charge in [0.2, 0.25) is 0 Å². The van der Waals surface area contributed by atoms with Crippen LogP contribution in [0.4, 0.5) is 0 Å². The summed E-state index contributed by atoms with van der Waals surface area (Å²) in [5, 5.41) is 3.64. The molecule has 19 heavy (non-hydrogen) atoms. The van der Waals surface area contributed by atoms with Gasteiger partial charge < -0.3 is 10.1 Å². The van der Waals surface area contributed by atoms with Gasteiger partial charge in [0, 0.05) is 12.6 Å². The average molecular weight is 261 g/mol. The summed E-state index contributed by atoms with van der Waals surface area (Å²) in [6.45, 7) is 3.90. The first-order valence-corrected chi connectivity index (χ1v) is 7.83. The lowest BCUT2D eigenvalue weighted by atomic mass is 10.1. The van der Waals surface area contributed by atoms with Gasteiger partial charge >= 0.3 is 0 Å². The third-order valence-electron chi connectivity index (χ3n) is 3.97. The topological polar surface area (TPSA) is 21.3 Å². The van der Waals surface area contributed by atoms with Crippen molar-refractivity contribution in [3.63, 3.8) is 0 Å². The highest BCUT2D eigenvalue weighted by atomic mass is 16.5. The van der Waals surface area contributed by atoms with Crippen LogP contribution in [0.15, 0.2) is 24.3 Å². The third kappa shape index (κ3) is 5.23. The normalized spacial score (nSPS) is 17.1. The lowest BCUT2D eigenvalue weighted by Crippen LogP contribution is -2.32. The van der Waals surface area contributed by atoms with Crippen molar-refractivity contribution in [3.8, 4) is 5.75 Å². The molecule has 1 aromatic rings. The first-order chi connectivity index (χ1) is 9.38. The zero-order valence-corrected chi connectivity index (χ0v) is 12.2. The van der Waals surface area contributed by atoms with E-state index in [1.165, 1.54) is 44.1 Å². The Morgan fingerprint density at radius 2 is 1.95 bits per heavy atom. The maximum Gasteiger partial charge on any atom is 0.119 e. The van der Waals surface area contributed by atoms with E-state index in [0.717, 1.165) is 25.3 Å². The van der Waals surface area contributed by atoms with Crippen LogP contribution in [0.2, 0.25) is 0 Å². The van der Waals surface area contributed by atoms with Crippen molar-refractivity contribution in [1.82, 2.24) is 5.32 Å². The maximum absolute atomic E-state index is 5.81. The second-order valence-electron chi connectivity index (χ2n) is 5.49. The van der Waals surface area contributed by atoms with E-state index < -0.39 is 0 Å². The van der Waals surface area contributed by atoms with E-state index in [2.05, 4.69) is 30.4 Å². The minimum atomic E-state index is 0.716. The molecule has 0 amide bonds. The first kappa shape index (κ1) is 14.4. The van der Waals surface area contributed by atoms with E-state index in [-0.39, 0.29) is 0 Å². The molecule has 2 nitrogen and oxygen atoms in total. The lowest BCUT2D eigenvalue weighted by molar-refractivity contribution is 0.300. The van der Waals surface area contributed by atoms with Gasteiger partial charge in [0.05, 0.1) is 0 Å². The Hall–Kier alpha value is -1.02. The fourth-order valence-electron chi connectivity index (χ4n) is 2.77. The molecule has 1 N–H and O–H groups in total. The SMILES string of the molecule is CCc1cccc(OCCNC2CCCCCC2)c1. The van der Waals surface area contributed by atoms with Crippen LogP contribution in [0, 0.1) is 0 Å². The minimum Gasteiger partial charge on any atom is -0.492 e. The lowest BCUT2D eigenvalue weighted by Gasteiger charge is -2.16. The highest BCUT2D eigenvalue weighted by Gasteiger charge is 2.10. The quantitative estimate of drug-likeness (QED) is 0.618. The van der Waals surface area contributed by atoms with Crippen LogP contribution in [-0.4, -0.2) is 19.2 Å². The Kier molecular flexibility index (Phi) is 6.22. The molecule has 2 rings (SSSR count). The number of nitrogens with one attached hydrogen (secondary N) is 1. The molecule has 0 unspecified atom stereocenters. The van der Waals surface area contributed by atoms with Gasteiger partial charge in [-0.15, -0.1) is 0 Å². The summed E-state index contributed by atoms with van der Waals surface area (Å²) in [6, 6.07) is 9.13. The van der Waals surface area contributed by atoms with Crippen molar-refractivity contribution in [2.75, 3.05) is 13.2 Å². The Morgan fingerprint density at radius 1 is 1.16 bits per heavy atom. The van der Waals surface area contributed by atoms with E-state index in [4.69, 9.17) is 4.74 Å². The predicted molar refractivity (Wildman–Crippen MR) is 80.8 cm³/mol. The van der Waals surface area contributed by atoms with Crippen LogP contribution in [0.3, 0.4) is 0 Å². The Morgan fingerprint density at radius 3 is 2.68 bits per heavy atom. The van der Waals surface area contributed by atoms with Gasteiger partial charge in [-0.1, -0.05) is 44.7 Å². The largest absolute Gasteiger partial charge is 0.492 e. The van der Waals surface area contributed by atoms with Crippen LogP contribution >= 0.6 is 0 Å². The summed E-state index contributed by atoms with van der Waals surface area (Å²) in [4.78, 5) is 0. The molecule has 0 radical (unpaired) electrons. The molecule has 0 spiro atoms. The monoisotopic (exact) mass is 261 g/mol. The Bertz CT molecular complexity index is 356. The molecule has 1 aromatic carbocycles. The second kappa shape index (κ2) is 8.21. The second-order valence-corrected chi connectivity index (χ2v) is 5.49. The average Bonchev–Trinajstić information content (AvgIpc) is 2.72. The van der Waals surface area contributed by atoms with E-state index in [0.29, 0.717) is 6.04 Å². The van der Waals surface area contributed by atoms with E-state index in [1.54, 1.807) is 0 Å². The molecule has 1 fully saturated rings. The summed E-state index contributed by atoms with van der Waals surface area (Å²) >= 11 is 0. The Labute approximate surface area is 117 Å². The molecular formula is C17H27NO. The van der Waals surface area contributed by atoms with Crippen molar-refractivity contribution in [2.24, 2.45) is 0 Å². The minimum absolute atomic E-state index is 0.716. The van der Waals surface area contributed by atoms with Crippen LogP contribution in [0.1, 0.15) is 51.0 Å². The van der Waals surface area contributed by atoms with E-state index in [9.17, 15) is 0 Å². The predicted octanol–water partition coefficient (Wildman–Crippen LogP) is 3.94. The maximum atomic E-state index is 5.81. The van der Waals surface area contributed by atoms with Crippen LogP contribution < -0.4 is 10.1 Å². The molecule has 0 heterocycles. The zero-order chi connectivity index (χ0) is 13.3. The standard InChI is InChI=1S/C17H27NO/c1-2-15-8-7-11-17(14-15)19-13-12-18-16-9-5-3-4-6-10-16/h7-8,11,14,16,18H,2-6,9-10,12-13H2,1H3. The number of aryl methyl sites for hydroxylation is 1. The molecule has 0 bridgehead atoms. The number of rotatable bonds is 6. The van der Waals surface area contributed by atoms with Crippen LogP contribution in [0.25, 0.3) is 0 Å². The van der Waals surface area contributed by atoms with Crippen molar-refractivity contribution in [1.29, 1.82) is 0 Å². The first-order valence-electron chi connectivity index (χ1n) is 7.83. The molecule has 106 valence electrons. The van der Waals surface area contributed by atoms with Crippen LogP contribution in [0.5, 0.6) is 5.75 Å². The summed E-state index contributed by atoms with van der Waals surface area (Å²) in [5.74, 6) is 1.00. The van der Waals surface area contributed by atoms with Gasteiger partial charge in [-0.2, -0.15) is 0 Å². The van der Waals surface area contributed by atoms with Crippen LogP contribution in [-0.2, 0) is 6.42 Å². The van der Waals surface area contributed by atoms with Crippen molar-refractivity contribution in [2.45, 2.75) is 57.9 Å². The summed E-state index contributed by atoms with van der Waals surface area (Å²) in [7, 11) is 0. The molecule has 0 aromatic heterocycles. The van der Waals surface area contributed by atoms with Gasteiger partial charge in [0.15, 0.2) is 0 Å². The highest BCUT2D eigenvalue weighted by molar-refractivity contribution is 5.28. The van der Waals surface area contributed by atoms with Crippen molar-refractivity contribution < 1.29 is 4.74 Å². The molecule has 1 aliphatic rings. The summed E-state index contributed by atoms with van der Waals surface area (Å²) < 4.78 is 5.81. The molecule has 0 atom stereocenters. The number of ether oxygens (including phenoxy) is 1. The molecule has 0 aliphatic heterocycles. The van der Waals surface area contributed by atoms with E-state index >= 15 is 0 Å². The molecular weight excluding hydrogens is 234 g/mol. The summed E-state index contributed by atoms with van der Waals surface area (Å²) in [6.07, 6.45) is 9.35. The fourth-order valence-corrected chi connectivity index (χ4v) is 2.77. The third-order valence-corrected chi connectivity index (χ3v) is 3.97. The van der Waals surface area contributed by atoms with Crippen molar-refractivity contribution in [3.05, 3.63) is 29.8 Å². The van der Waals surface area contributed by atoms with Gasteiger partial charge in [0.25, 0.3) is 0 Å². The molecule has 1 saturated carbocycles. The van der Waals surface area contributed by atoms with Gasteiger partial charge in [-0.25, -0.2) is 0 Å². The molecule has 2 heteroatoms. The fraction of sp³-hybridized carbons (Fsp3) is 0.647. The molecule has 0 saturated heterocycles.